The molecule has 2 amide bonds. The largest absolute Gasteiger partial charge is 0.493 e. The fraction of sp³-hybridized carbons (Fsp3) is 0.375. The lowest BCUT2D eigenvalue weighted by atomic mass is 10.0. The number of rotatable bonds is 12. The highest BCUT2D eigenvalue weighted by atomic mass is 32.2. The molecule has 0 aliphatic heterocycles. The molecule has 0 radical (unpaired) electrons. The van der Waals surface area contributed by atoms with Gasteiger partial charge in [-0.15, -0.1) is 0 Å². The van der Waals surface area contributed by atoms with E-state index in [0.29, 0.717) is 30.1 Å². The number of thioether (sulfide) groups is 1. The van der Waals surface area contributed by atoms with E-state index in [1.807, 2.05) is 31.4 Å². The first-order valence-corrected chi connectivity index (χ1v) is 11.7. The van der Waals surface area contributed by atoms with Crippen LogP contribution in [0.3, 0.4) is 0 Å². The van der Waals surface area contributed by atoms with Gasteiger partial charge >= 0.3 is 0 Å². The minimum absolute atomic E-state index is 0.117. The highest BCUT2D eigenvalue weighted by Crippen LogP contribution is 2.34. The van der Waals surface area contributed by atoms with E-state index < -0.39 is 5.91 Å². The molecule has 0 aromatic heterocycles. The van der Waals surface area contributed by atoms with E-state index in [-0.39, 0.29) is 35.4 Å². The van der Waals surface area contributed by atoms with Crippen LogP contribution in [-0.4, -0.2) is 69.5 Å². The van der Waals surface area contributed by atoms with Crippen molar-refractivity contribution in [3.8, 4) is 11.5 Å². The number of ether oxygens (including phenoxy) is 3. The molecule has 0 aliphatic carbocycles. The number of anilines is 1. The van der Waals surface area contributed by atoms with Crippen LogP contribution in [0.4, 0.5) is 5.69 Å². The van der Waals surface area contributed by atoms with Crippen LogP contribution in [0.5, 0.6) is 11.5 Å². The number of nitrogens with one attached hydrogen (secondary N) is 1. The Balaban J connectivity index is 2.42. The molecule has 1 unspecified atom stereocenters. The van der Waals surface area contributed by atoms with Crippen molar-refractivity contribution in [3.63, 3.8) is 0 Å². The van der Waals surface area contributed by atoms with Crippen LogP contribution in [0.2, 0.25) is 0 Å². The summed E-state index contributed by atoms with van der Waals surface area (Å²) >= 11 is 1.60. The molecule has 0 spiro atoms. The molecule has 0 saturated heterocycles. The first-order valence-electron chi connectivity index (χ1n) is 10.4. The molecule has 1 atom stereocenters. The second-order valence-corrected chi connectivity index (χ2v) is 8.01. The molecule has 178 valence electrons. The Morgan fingerprint density at radius 2 is 1.94 bits per heavy atom. The van der Waals surface area contributed by atoms with E-state index in [1.54, 1.807) is 49.0 Å². The van der Waals surface area contributed by atoms with Crippen molar-refractivity contribution in [1.29, 1.82) is 0 Å². The van der Waals surface area contributed by atoms with Gasteiger partial charge in [0.1, 0.15) is 6.61 Å². The molecule has 0 saturated carbocycles. The molecular formula is C24H30N2O6S. The highest BCUT2D eigenvalue weighted by molar-refractivity contribution is 7.98. The van der Waals surface area contributed by atoms with Crippen molar-refractivity contribution in [1.82, 2.24) is 4.90 Å². The van der Waals surface area contributed by atoms with Gasteiger partial charge in [-0.1, -0.05) is 12.1 Å². The molecule has 2 aromatic rings. The lowest BCUT2D eigenvalue weighted by Gasteiger charge is -2.29. The topological polar surface area (TPSA) is 94.2 Å². The summed E-state index contributed by atoms with van der Waals surface area (Å²) in [4.78, 5) is 38.9. The van der Waals surface area contributed by atoms with Gasteiger partial charge < -0.3 is 24.4 Å². The standard InChI is InChI=1S/C24H30N2O6S/c1-6-32-22-12-16(10-11-21(22)31-4)20(15-33-5)26(2)24(29)17-8-7-9-19(18(17)13-27)25-23(28)14-30-3/h7-13,20H,6,14-15H2,1-5H3,(H,25,28). The second kappa shape index (κ2) is 12.9. The second-order valence-electron chi connectivity index (χ2n) is 7.10. The lowest BCUT2D eigenvalue weighted by molar-refractivity contribution is -0.119. The summed E-state index contributed by atoms with van der Waals surface area (Å²) in [7, 11) is 4.67. The van der Waals surface area contributed by atoms with Gasteiger partial charge in [-0.2, -0.15) is 11.8 Å². The molecule has 0 bridgehead atoms. The van der Waals surface area contributed by atoms with Crippen molar-refractivity contribution < 1.29 is 28.6 Å². The first kappa shape index (κ1) is 26.2. The zero-order valence-electron chi connectivity index (χ0n) is 19.5. The zero-order chi connectivity index (χ0) is 24.4. The predicted molar refractivity (Wildman–Crippen MR) is 130 cm³/mol. The minimum Gasteiger partial charge on any atom is -0.493 e. The van der Waals surface area contributed by atoms with E-state index in [1.165, 1.54) is 7.11 Å². The van der Waals surface area contributed by atoms with Gasteiger partial charge in [0.05, 0.1) is 36.6 Å². The molecule has 33 heavy (non-hydrogen) atoms. The Bertz CT molecular complexity index is 981. The summed E-state index contributed by atoms with van der Waals surface area (Å²) in [6.07, 6.45) is 2.54. The van der Waals surface area contributed by atoms with Crippen LogP contribution in [0, 0.1) is 0 Å². The van der Waals surface area contributed by atoms with Gasteiger partial charge in [0.25, 0.3) is 5.91 Å². The summed E-state index contributed by atoms with van der Waals surface area (Å²) in [5, 5.41) is 2.62. The molecule has 1 N–H and O–H groups in total. The van der Waals surface area contributed by atoms with Crippen molar-refractivity contribution >= 4 is 35.5 Å². The van der Waals surface area contributed by atoms with Gasteiger partial charge in [0, 0.05) is 19.9 Å². The van der Waals surface area contributed by atoms with Crippen LogP contribution in [0.1, 0.15) is 39.2 Å². The molecule has 9 heteroatoms. The molecular weight excluding hydrogens is 444 g/mol. The Kier molecular flexibility index (Phi) is 10.2. The minimum atomic E-state index is -0.416. The Labute approximate surface area is 198 Å². The molecule has 2 rings (SSSR count). The quantitative estimate of drug-likeness (QED) is 0.469. The smallest absolute Gasteiger partial charge is 0.254 e. The normalized spacial score (nSPS) is 11.4. The average Bonchev–Trinajstić information content (AvgIpc) is 2.81. The van der Waals surface area contributed by atoms with E-state index in [4.69, 9.17) is 14.2 Å². The predicted octanol–water partition coefficient (Wildman–Crippen LogP) is 3.67. The SMILES string of the molecule is CCOc1cc(C(CSC)N(C)C(=O)c2cccc(NC(=O)COC)c2C=O)ccc1OC. The molecule has 0 aliphatic rings. The number of amides is 2. The van der Waals surface area contributed by atoms with Crippen LogP contribution >= 0.6 is 11.8 Å². The summed E-state index contributed by atoms with van der Waals surface area (Å²) in [6.45, 7) is 2.21. The van der Waals surface area contributed by atoms with E-state index in [2.05, 4.69) is 5.32 Å². The monoisotopic (exact) mass is 474 g/mol. The number of methoxy groups -OCH3 is 2. The maximum atomic E-state index is 13.5. The third-order valence-corrected chi connectivity index (χ3v) is 5.64. The molecule has 8 nitrogen and oxygen atoms in total. The summed E-state index contributed by atoms with van der Waals surface area (Å²) in [5.74, 6) is 1.08. The van der Waals surface area contributed by atoms with Gasteiger partial charge in [-0.25, -0.2) is 0 Å². The number of carbonyl (C=O) groups is 3. The Hall–Kier alpha value is -3.04. The Morgan fingerprint density at radius 3 is 2.55 bits per heavy atom. The number of benzene rings is 2. The fourth-order valence-electron chi connectivity index (χ4n) is 3.39. The van der Waals surface area contributed by atoms with Gasteiger partial charge in [0.2, 0.25) is 5.91 Å². The van der Waals surface area contributed by atoms with Crippen LogP contribution in [0.15, 0.2) is 36.4 Å². The zero-order valence-corrected chi connectivity index (χ0v) is 20.4. The number of hydrogen-bond donors (Lipinski definition) is 1. The number of hydrogen-bond acceptors (Lipinski definition) is 7. The average molecular weight is 475 g/mol. The van der Waals surface area contributed by atoms with Gasteiger partial charge in [-0.3, -0.25) is 14.4 Å². The highest BCUT2D eigenvalue weighted by Gasteiger charge is 2.26. The first-order chi connectivity index (χ1) is 15.9. The lowest BCUT2D eigenvalue weighted by Crippen LogP contribution is -2.33. The summed E-state index contributed by atoms with van der Waals surface area (Å²) in [6, 6.07) is 10.1. The van der Waals surface area contributed by atoms with Crippen LogP contribution in [0.25, 0.3) is 0 Å². The summed E-state index contributed by atoms with van der Waals surface area (Å²) < 4.78 is 15.9. The van der Waals surface area contributed by atoms with Crippen molar-refractivity contribution in [2.24, 2.45) is 0 Å². The van der Waals surface area contributed by atoms with E-state index in [9.17, 15) is 14.4 Å². The van der Waals surface area contributed by atoms with E-state index >= 15 is 0 Å². The summed E-state index contributed by atoms with van der Waals surface area (Å²) in [5.41, 5.74) is 1.45. The van der Waals surface area contributed by atoms with Gasteiger partial charge in [0.15, 0.2) is 17.8 Å². The van der Waals surface area contributed by atoms with Gasteiger partial charge in [-0.05, 0) is 43.0 Å². The fourth-order valence-corrected chi connectivity index (χ4v) is 4.13. The third kappa shape index (κ3) is 6.49. The molecule has 2 aromatic carbocycles. The molecule has 0 heterocycles. The Morgan fingerprint density at radius 1 is 1.18 bits per heavy atom. The van der Waals surface area contributed by atoms with Crippen molar-refractivity contribution in [2.75, 3.05) is 51.8 Å². The maximum Gasteiger partial charge on any atom is 0.254 e. The number of nitrogens with zero attached hydrogens (tertiary/aromatic N) is 1. The van der Waals surface area contributed by atoms with Crippen molar-refractivity contribution in [2.45, 2.75) is 13.0 Å². The van der Waals surface area contributed by atoms with Crippen LogP contribution < -0.4 is 14.8 Å². The third-order valence-electron chi connectivity index (χ3n) is 4.99. The maximum absolute atomic E-state index is 13.5. The molecule has 0 fully saturated rings. The number of carbonyl (C=O) groups excluding carboxylic acids is 3. The number of aldehydes is 1. The van der Waals surface area contributed by atoms with Crippen molar-refractivity contribution in [3.05, 3.63) is 53.1 Å². The van der Waals surface area contributed by atoms with Crippen LogP contribution in [-0.2, 0) is 9.53 Å². The van der Waals surface area contributed by atoms with E-state index in [0.717, 1.165) is 5.56 Å².